The monoisotopic (exact) mass is 349 g/mol. The van der Waals surface area contributed by atoms with Crippen LogP contribution >= 0.6 is 0 Å². The van der Waals surface area contributed by atoms with Gasteiger partial charge in [0, 0.05) is 19.7 Å². The minimum Gasteiger partial charge on any atom is -0.337 e. The molecule has 6 nitrogen and oxygen atoms in total. The molecule has 1 unspecified atom stereocenters. The fraction of sp³-hybridized carbons (Fsp3) is 0.450. The molecular weight excluding hydrogens is 326 g/mol. The molecule has 0 amide bonds. The SMILES string of the molecule is Cn1c(N2CCCC2Cn2nc3c(cc2=O)CCC3)nc2ccccc21. The molecule has 2 aromatic heterocycles. The lowest BCUT2D eigenvalue weighted by atomic mass is 10.2. The molecule has 1 fully saturated rings. The summed E-state index contributed by atoms with van der Waals surface area (Å²) in [5, 5.41) is 4.66. The predicted octanol–water partition coefficient (Wildman–Crippen LogP) is 2.29. The minimum atomic E-state index is 0.0301. The van der Waals surface area contributed by atoms with Crippen LogP contribution in [0.15, 0.2) is 35.1 Å². The third-order valence-corrected chi connectivity index (χ3v) is 5.81. The van der Waals surface area contributed by atoms with E-state index in [1.807, 2.05) is 12.1 Å². The van der Waals surface area contributed by atoms with Crippen LogP contribution < -0.4 is 10.5 Å². The lowest BCUT2D eigenvalue weighted by molar-refractivity contribution is 0.478. The number of benzene rings is 1. The summed E-state index contributed by atoms with van der Waals surface area (Å²) in [6.07, 6.45) is 5.28. The first-order valence-electron chi connectivity index (χ1n) is 9.49. The third-order valence-electron chi connectivity index (χ3n) is 5.81. The highest BCUT2D eigenvalue weighted by molar-refractivity contribution is 5.78. The number of imidazole rings is 1. The van der Waals surface area contributed by atoms with Crippen molar-refractivity contribution in [3.8, 4) is 0 Å². The van der Waals surface area contributed by atoms with Crippen molar-refractivity contribution in [3.63, 3.8) is 0 Å². The second-order valence-electron chi connectivity index (χ2n) is 7.44. The Kier molecular flexibility index (Phi) is 3.58. The summed E-state index contributed by atoms with van der Waals surface area (Å²) in [4.78, 5) is 19.7. The van der Waals surface area contributed by atoms with Gasteiger partial charge in [-0.05, 0) is 49.8 Å². The van der Waals surface area contributed by atoms with Gasteiger partial charge < -0.3 is 9.47 Å². The van der Waals surface area contributed by atoms with E-state index in [4.69, 9.17) is 4.98 Å². The molecule has 6 heteroatoms. The molecule has 2 aliphatic rings. The number of para-hydroxylation sites is 2. The maximum absolute atomic E-state index is 12.5. The zero-order valence-electron chi connectivity index (χ0n) is 15.1. The first-order chi connectivity index (χ1) is 12.7. The smallest absolute Gasteiger partial charge is 0.267 e. The van der Waals surface area contributed by atoms with Crippen LogP contribution in [-0.4, -0.2) is 31.9 Å². The Hall–Kier alpha value is -2.63. The Morgan fingerprint density at radius 3 is 2.96 bits per heavy atom. The van der Waals surface area contributed by atoms with Crippen molar-refractivity contribution >= 4 is 17.0 Å². The largest absolute Gasteiger partial charge is 0.337 e. The predicted molar refractivity (Wildman–Crippen MR) is 102 cm³/mol. The normalized spacial score (nSPS) is 19.4. The lowest BCUT2D eigenvalue weighted by Gasteiger charge is -2.26. The summed E-state index contributed by atoms with van der Waals surface area (Å²) in [5.74, 6) is 0.989. The van der Waals surface area contributed by atoms with E-state index in [-0.39, 0.29) is 11.6 Å². The van der Waals surface area contributed by atoms with E-state index in [1.54, 1.807) is 10.7 Å². The Balaban J connectivity index is 1.48. The molecule has 0 saturated carbocycles. The number of hydrogen-bond acceptors (Lipinski definition) is 4. The Morgan fingerprint density at radius 2 is 2.08 bits per heavy atom. The van der Waals surface area contributed by atoms with Gasteiger partial charge in [0.15, 0.2) is 0 Å². The maximum atomic E-state index is 12.5. The van der Waals surface area contributed by atoms with E-state index in [2.05, 4.69) is 33.7 Å². The molecule has 0 radical (unpaired) electrons. The van der Waals surface area contributed by atoms with Crippen molar-refractivity contribution in [1.29, 1.82) is 0 Å². The van der Waals surface area contributed by atoms with Gasteiger partial charge in [-0.1, -0.05) is 12.1 Å². The first kappa shape index (κ1) is 15.6. The zero-order chi connectivity index (χ0) is 17.7. The Morgan fingerprint density at radius 1 is 1.19 bits per heavy atom. The van der Waals surface area contributed by atoms with Crippen LogP contribution in [0.25, 0.3) is 11.0 Å². The van der Waals surface area contributed by atoms with Gasteiger partial charge in [-0.25, -0.2) is 9.67 Å². The molecule has 1 saturated heterocycles. The molecule has 26 heavy (non-hydrogen) atoms. The number of anilines is 1. The average molecular weight is 349 g/mol. The van der Waals surface area contributed by atoms with E-state index in [9.17, 15) is 4.79 Å². The Labute approximate surface area is 152 Å². The maximum Gasteiger partial charge on any atom is 0.267 e. The molecule has 0 spiro atoms. The van der Waals surface area contributed by atoms with Crippen LogP contribution in [0.4, 0.5) is 5.95 Å². The van der Waals surface area contributed by atoms with Crippen LogP contribution in [0.3, 0.4) is 0 Å². The summed E-state index contributed by atoms with van der Waals surface area (Å²) in [6.45, 7) is 1.61. The minimum absolute atomic E-state index is 0.0301. The summed E-state index contributed by atoms with van der Waals surface area (Å²) < 4.78 is 3.84. The van der Waals surface area contributed by atoms with Crippen LogP contribution in [0.1, 0.15) is 30.5 Å². The average Bonchev–Trinajstić information content (AvgIpc) is 3.35. The van der Waals surface area contributed by atoms with E-state index in [1.165, 1.54) is 0 Å². The summed E-state index contributed by atoms with van der Waals surface area (Å²) in [6, 6.07) is 10.3. The van der Waals surface area contributed by atoms with Crippen LogP contribution in [0.2, 0.25) is 0 Å². The van der Waals surface area contributed by atoms with Gasteiger partial charge in [-0.3, -0.25) is 4.79 Å². The first-order valence-corrected chi connectivity index (χ1v) is 9.49. The molecule has 5 rings (SSSR count). The van der Waals surface area contributed by atoms with Gasteiger partial charge in [0.2, 0.25) is 5.95 Å². The summed E-state index contributed by atoms with van der Waals surface area (Å²) in [7, 11) is 2.07. The number of rotatable bonds is 3. The molecule has 0 bridgehead atoms. The summed E-state index contributed by atoms with van der Waals surface area (Å²) in [5.41, 5.74) is 4.44. The van der Waals surface area contributed by atoms with Gasteiger partial charge in [-0.15, -0.1) is 0 Å². The van der Waals surface area contributed by atoms with Crippen molar-refractivity contribution in [2.24, 2.45) is 7.05 Å². The highest BCUT2D eigenvalue weighted by atomic mass is 16.1. The second kappa shape index (κ2) is 5.97. The van der Waals surface area contributed by atoms with Gasteiger partial charge >= 0.3 is 0 Å². The van der Waals surface area contributed by atoms with Crippen molar-refractivity contribution in [2.75, 3.05) is 11.4 Å². The van der Waals surface area contributed by atoms with Gasteiger partial charge in [0.25, 0.3) is 5.56 Å². The van der Waals surface area contributed by atoms with E-state index in [0.29, 0.717) is 6.54 Å². The molecule has 3 aromatic rings. The topological polar surface area (TPSA) is 56.0 Å². The lowest BCUT2D eigenvalue weighted by Crippen LogP contribution is -2.38. The van der Waals surface area contributed by atoms with Crippen molar-refractivity contribution in [2.45, 2.75) is 44.7 Å². The van der Waals surface area contributed by atoms with Crippen LogP contribution in [0, 0.1) is 0 Å². The fourth-order valence-electron chi connectivity index (χ4n) is 4.45. The fourth-order valence-corrected chi connectivity index (χ4v) is 4.45. The van der Waals surface area contributed by atoms with Crippen molar-refractivity contribution in [3.05, 3.63) is 51.9 Å². The molecule has 1 aliphatic heterocycles. The molecule has 3 heterocycles. The number of fused-ring (bicyclic) bond motifs is 2. The van der Waals surface area contributed by atoms with Crippen LogP contribution in [0.5, 0.6) is 0 Å². The molecule has 1 aliphatic carbocycles. The molecule has 134 valence electrons. The van der Waals surface area contributed by atoms with Gasteiger partial charge in [-0.2, -0.15) is 5.10 Å². The highest BCUT2D eigenvalue weighted by Crippen LogP contribution is 2.28. The number of aryl methyl sites for hydroxylation is 3. The van der Waals surface area contributed by atoms with Crippen molar-refractivity contribution < 1.29 is 0 Å². The van der Waals surface area contributed by atoms with Gasteiger partial charge in [0.05, 0.1) is 29.3 Å². The standard InChI is InChI=1S/C20H23N5O/c1-23-18-10-3-2-8-17(18)21-20(23)24-11-5-7-15(24)13-25-19(26)12-14-6-4-9-16(14)22-25/h2-3,8,10,12,15H,4-7,9,11,13H2,1H3. The highest BCUT2D eigenvalue weighted by Gasteiger charge is 2.29. The van der Waals surface area contributed by atoms with Crippen molar-refractivity contribution in [1.82, 2.24) is 19.3 Å². The second-order valence-corrected chi connectivity index (χ2v) is 7.44. The Bertz CT molecular complexity index is 1030. The molecule has 1 atom stereocenters. The molecule has 1 aromatic carbocycles. The summed E-state index contributed by atoms with van der Waals surface area (Å²) >= 11 is 0. The zero-order valence-corrected chi connectivity index (χ0v) is 15.1. The molecule has 0 N–H and O–H groups in total. The number of aromatic nitrogens is 4. The quantitative estimate of drug-likeness (QED) is 0.728. The number of hydrogen-bond donors (Lipinski definition) is 0. The van der Waals surface area contributed by atoms with E-state index >= 15 is 0 Å². The van der Waals surface area contributed by atoms with E-state index in [0.717, 1.165) is 66.9 Å². The van der Waals surface area contributed by atoms with E-state index < -0.39 is 0 Å². The molecular formula is C20H23N5O. The van der Waals surface area contributed by atoms with Gasteiger partial charge in [0.1, 0.15) is 0 Å². The van der Waals surface area contributed by atoms with Crippen LogP contribution in [-0.2, 0) is 26.4 Å². The number of nitrogens with zero attached hydrogens (tertiary/aromatic N) is 5. The third kappa shape index (κ3) is 2.43.